The van der Waals surface area contributed by atoms with Gasteiger partial charge < -0.3 is 10.5 Å². The van der Waals surface area contributed by atoms with Crippen LogP contribution in [0.2, 0.25) is 10.0 Å². The van der Waals surface area contributed by atoms with Gasteiger partial charge in [0, 0.05) is 22.2 Å². The van der Waals surface area contributed by atoms with Crippen LogP contribution in [0, 0.1) is 0 Å². The van der Waals surface area contributed by atoms with E-state index >= 15 is 0 Å². The molecule has 0 atom stereocenters. The fourth-order valence-corrected chi connectivity index (χ4v) is 2.30. The van der Waals surface area contributed by atoms with Crippen LogP contribution in [0.5, 0.6) is 11.6 Å². The summed E-state index contributed by atoms with van der Waals surface area (Å²) in [5.74, 6) is 0.977. The smallest absolute Gasteiger partial charge is 0.219 e. The Hall–Kier alpha value is -1.97. The lowest BCUT2D eigenvalue weighted by atomic mass is 10.2. The molecular weight excluding hydrogens is 295 g/mol. The van der Waals surface area contributed by atoms with Gasteiger partial charge in [-0.05, 0) is 42.5 Å². The van der Waals surface area contributed by atoms with E-state index < -0.39 is 0 Å². The van der Waals surface area contributed by atoms with Gasteiger partial charge in [-0.15, -0.1) is 0 Å². The lowest BCUT2D eigenvalue weighted by molar-refractivity contribution is 0.465. The molecule has 0 aliphatic rings. The first-order chi connectivity index (χ1) is 9.61. The lowest BCUT2D eigenvalue weighted by Crippen LogP contribution is -1.90. The maximum atomic E-state index is 6.06. The minimum Gasteiger partial charge on any atom is -0.437 e. The Bertz CT molecular complexity index is 790. The van der Waals surface area contributed by atoms with Gasteiger partial charge >= 0.3 is 0 Å². The third-order valence-corrected chi connectivity index (χ3v) is 3.33. The molecule has 2 aromatic carbocycles. The molecule has 5 heteroatoms. The molecule has 0 bridgehead atoms. The fraction of sp³-hybridized carbons (Fsp3) is 0. The number of hydrogen-bond acceptors (Lipinski definition) is 3. The minimum absolute atomic E-state index is 0.441. The average molecular weight is 305 g/mol. The number of nitrogens with zero attached hydrogens (tertiary/aromatic N) is 1. The maximum Gasteiger partial charge on any atom is 0.219 e. The number of hydrogen-bond donors (Lipinski definition) is 1. The predicted octanol–water partition coefficient (Wildman–Crippen LogP) is 4.92. The zero-order chi connectivity index (χ0) is 14.1. The Morgan fingerprint density at radius 1 is 0.950 bits per heavy atom. The summed E-state index contributed by atoms with van der Waals surface area (Å²) in [7, 11) is 0. The van der Waals surface area contributed by atoms with E-state index in [2.05, 4.69) is 4.98 Å². The quantitative estimate of drug-likeness (QED) is 0.684. The van der Waals surface area contributed by atoms with E-state index in [0.29, 0.717) is 27.4 Å². The van der Waals surface area contributed by atoms with Gasteiger partial charge in [0.25, 0.3) is 0 Å². The van der Waals surface area contributed by atoms with Crippen molar-refractivity contribution < 1.29 is 4.74 Å². The second kappa shape index (κ2) is 5.19. The number of rotatable bonds is 2. The molecule has 0 amide bonds. The first-order valence-corrected chi connectivity index (χ1v) is 6.66. The van der Waals surface area contributed by atoms with Crippen molar-refractivity contribution in [1.29, 1.82) is 0 Å². The predicted molar refractivity (Wildman–Crippen MR) is 82.7 cm³/mol. The molecule has 0 fully saturated rings. The van der Waals surface area contributed by atoms with Crippen LogP contribution < -0.4 is 10.5 Å². The maximum absolute atomic E-state index is 6.06. The van der Waals surface area contributed by atoms with Crippen molar-refractivity contribution in [3.8, 4) is 11.6 Å². The van der Waals surface area contributed by atoms with Crippen LogP contribution in [0.3, 0.4) is 0 Å². The number of benzene rings is 2. The Morgan fingerprint density at radius 2 is 1.80 bits per heavy atom. The summed E-state index contributed by atoms with van der Waals surface area (Å²) >= 11 is 11.9. The number of pyridine rings is 1. The van der Waals surface area contributed by atoms with E-state index in [1.54, 1.807) is 30.3 Å². The molecule has 100 valence electrons. The topological polar surface area (TPSA) is 48.1 Å². The van der Waals surface area contributed by atoms with Gasteiger partial charge in [0.1, 0.15) is 5.75 Å². The Morgan fingerprint density at radius 3 is 2.60 bits per heavy atom. The normalized spacial score (nSPS) is 10.7. The third kappa shape index (κ3) is 2.64. The molecule has 0 radical (unpaired) electrons. The van der Waals surface area contributed by atoms with E-state index in [4.69, 9.17) is 33.7 Å². The van der Waals surface area contributed by atoms with Crippen LogP contribution in [-0.4, -0.2) is 4.98 Å². The summed E-state index contributed by atoms with van der Waals surface area (Å²) in [5.41, 5.74) is 7.24. The second-order valence-corrected chi connectivity index (χ2v) is 5.12. The SMILES string of the molecule is Nc1ccc2nc(Oc3ccc(Cl)cc3Cl)ccc2c1. The first kappa shape index (κ1) is 13.0. The molecule has 0 aliphatic carbocycles. The zero-order valence-corrected chi connectivity index (χ0v) is 11.8. The van der Waals surface area contributed by atoms with Crippen LogP contribution in [0.15, 0.2) is 48.5 Å². The van der Waals surface area contributed by atoms with E-state index in [9.17, 15) is 0 Å². The number of fused-ring (bicyclic) bond motifs is 1. The molecule has 0 aliphatic heterocycles. The van der Waals surface area contributed by atoms with Crippen LogP contribution in [-0.2, 0) is 0 Å². The van der Waals surface area contributed by atoms with Crippen molar-refractivity contribution >= 4 is 39.8 Å². The number of ether oxygens (including phenoxy) is 1. The molecule has 0 saturated carbocycles. The van der Waals surface area contributed by atoms with Gasteiger partial charge in [-0.1, -0.05) is 23.2 Å². The number of nitrogen functional groups attached to an aromatic ring is 1. The van der Waals surface area contributed by atoms with E-state index in [1.165, 1.54) is 0 Å². The van der Waals surface area contributed by atoms with Gasteiger partial charge in [0.2, 0.25) is 5.88 Å². The summed E-state index contributed by atoms with van der Waals surface area (Å²) in [6.07, 6.45) is 0. The molecule has 0 spiro atoms. The van der Waals surface area contributed by atoms with Gasteiger partial charge in [0.05, 0.1) is 10.5 Å². The van der Waals surface area contributed by atoms with Crippen molar-refractivity contribution in [3.63, 3.8) is 0 Å². The highest BCUT2D eigenvalue weighted by Crippen LogP contribution is 2.31. The Kier molecular flexibility index (Phi) is 3.38. The van der Waals surface area contributed by atoms with Crippen molar-refractivity contribution in [2.75, 3.05) is 5.73 Å². The lowest BCUT2D eigenvalue weighted by Gasteiger charge is -2.08. The monoisotopic (exact) mass is 304 g/mol. The van der Waals surface area contributed by atoms with Crippen molar-refractivity contribution in [2.45, 2.75) is 0 Å². The molecule has 3 aromatic rings. The molecule has 1 heterocycles. The minimum atomic E-state index is 0.441. The van der Waals surface area contributed by atoms with E-state index in [-0.39, 0.29) is 0 Å². The van der Waals surface area contributed by atoms with Crippen molar-refractivity contribution in [2.24, 2.45) is 0 Å². The largest absolute Gasteiger partial charge is 0.437 e. The van der Waals surface area contributed by atoms with E-state index in [1.807, 2.05) is 18.2 Å². The van der Waals surface area contributed by atoms with Crippen LogP contribution >= 0.6 is 23.2 Å². The van der Waals surface area contributed by atoms with Crippen molar-refractivity contribution in [1.82, 2.24) is 4.98 Å². The van der Waals surface area contributed by atoms with E-state index in [0.717, 1.165) is 10.9 Å². The number of halogens is 2. The Balaban J connectivity index is 1.96. The highest BCUT2D eigenvalue weighted by Gasteiger charge is 2.06. The average Bonchev–Trinajstić information content (AvgIpc) is 2.42. The summed E-state index contributed by atoms with van der Waals surface area (Å²) in [6, 6.07) is 14.2. The highest BCUT2D eigenvalue weighted by atomic mass is 35.5. The van der Waals surface area contributed by atoms with Crippen LogP contribution in [0.25, 0.3) is 10.9 Å². The van der Waals surface area contributed by atoms with Crippen LogP contribution in [0.4, 0.5) is 5.69 Å². The molecule has 0 saturated heterocycles. The summed E-state index contributed by atoms with van der Waals surface area (Å²) < 4.78 is 5.67. The molecule has 3 rings (SSSR count). The van der Waals surface area contributed by atoms with Gasteiger partial charge in [0.15, 0.2) is 0 Å². The third-order valence-electron chi connectivity index (χ3n) is 2.80. The van der Waals surface area contributed by atoms with Crippen LogP contribution in [0.1, 0.15) is 0 Å². The first-order valence-electron chi connectivity index (χ1n) is 5.91. The van der Waals surface area contributed by atoms with Crippen molar-refractivity contribution in [3.05, 3.63) is 58.6 Å². The molecule has 0 unspecified atom stereocenters. The summed E-state index contributed by atoms with van der Waals surface area (Å²) in [4.78, 5) is 4.41. The molecule has 3 nitrogen and oxygen atoms in total. The second-order valence-electron chi connectivity index (χ2n) is 4.28. The van der Waals surface area contributed by atoms with Gasteiger partial charge in [-0.2, -0.15) is 0 Å². The number of anilines is 1. The number of aromatic nitrogens is 1. The molecular formula is C15H10Cl2N2O. The molecule has 2 N–H and O–H groups in total. The molecule has 1 aromatic heterocycles. The Labute approximate surface area is 125 Å². The number of nitrogens with two attached hydrogens (primary N) is 1. The summed E-state index contributed by atoms with van der Waals surface area (Å²) in [5, 5.41) is 1.96. The van der Waals surface area contributed by atoms with Gasteiger partial charge in [-0.25, -0.2) is 4.98 Å². The van der Waals surface area contributed by atoms with Gasteiger partial charge in [-0.3, -0.25) is 0 Å². The zero-order valence-electron chi connectivity index (χ0n) is 10.3. The standard InChI is InChI=1S/C15H10Cl2N2O/c16-10-2-5-14(12(17)8-10)20-15-6-1-9-7-11(18)3-4-13(9)19-15/h1-8H,18H2. The molecule has 20 heavy (non-hydrogen) atoms. The highest BCUT2D eigenvalue weighted by molar-refractivity contribution is 6.35. The summed E-state index contributed by atoms with van der Waals surface area (Å²) in [6.45, 7) is 0. The fourth-order valence-electron chi connectivity index (χ4n) is 1.85.